The Hall–Kier alpha value is -0.960. The quantitative estimate of drug-likeness (QED) is 0.551. The van der Waals surface area contributed by atoms with Crippen LogP contribution in [-0.4, -0.2) is 5.54 Å². The molecule has 3 N–H and O–H groups in total. The van der Waals surface area contributed by atoms with Gasteiger partial charge in [0.25, 0.3) is 0 Å². The summed E-state index contributed by atoms with van der Waals surface area (Å²) in [5, 5.41) is 0. The van der Waals surface area contributed by atoms with E-state index in [0.717, 1.165) is 18.5 Å². The molecule has 10 heavy (non-hydrogen) atoms. The Morgan fingerprint density at radius 2 is 2.40 bits per heavy atom. The second-order valence-corrected chi connectivity index (χ2v) is 2.78. The number of hydroxylamine groups is 1. The molecule has 54 valence electrons. The molecule has 1 aliphatic carbocycles. The molecule has 0 aromatic heterocycles. The van der Waals surface area contributed by atoms with Crippen molar-refractivity contribution in [1.29, 1.82) is 0 Å². The predicted molar refractivity (Wildman–Crippen MR) is 37.6 cm³/mol. The zero-order valence-corrected chi connectivity index (χ0v) is 5.63. The molecule has 0 amide bonds. The average Bonchev–Trinajstić information content (AvgIpc) is 2.72. The molecule has 0 aromatic carbocycles. The highest BCUT2D eigenvalue weighted by Gasteiger charge is 2.42. The van der Waals surface area contributed by atoms with Crippen molar-refractivity contribution in [3.05, 3.63) is 24.1 Å². The van der Waals surface area contributed by atoms with Gasteiger partial charge >= 0.3 is 0 Å². The molecule has 1 heterocycles. The van der Waals surface area contributed by atoms with E-state index in [1.54, 1.807) is 6.26 Å². The predicted octanol–water partition coefficient (Wildman–Crippen LogP) is 0.410. The molecule has 0 spiro atoms. The van der Waals surface area contributed by atoms with Crippen LogP contribution in [0.5, 0.6) is 0 Å². The lowest BCUT2D eigenvalue weighted by Gasteiger charge is -2.16. The third-order valence-electron chi connectivity index (χ3n) is 1.90. The SMILES string of the molecule is NC1(C2=CC=CON2)CC1. The lowest BCUT2D eigenvalue weighted by atomic mass is 10.2. The van der Waals surface area contributed by atoms with Crippen molar-refractivity contribution in [2.45, 2.75) is 18.4 Å². The van der Waals surface area contributed by atoms with E-state index < -0.39 is 0 Å². The Kier molecular flexibility index (Phi) is 1.02. The monoisotopic (exact) mass is 138 g/mol. The molecular formula is C7H10N2O. The maximum Gasteiger partial charge on any atom is 0.119 e. The largest absolute Gasteiger partial charge is 0.390 e. The first kappa shape index (κ1) is 5.80. The Morgan fingerprint density at radius 3 is 2.90 bits per heavy atom. The van der Waals surface area contributed by atoms with Crippen LogP contribution in [0.1, 0.15) is 12.8 Å². The van der Waals surface area contributed by atoms with Gasteiger partial charge in [0.2, 0.25) is 0 Å². The maximum atomic E-state index is 5.88. The molecule has 3 nitrogen and oxygen atoms in total. The number of allylic oxidation sites excluding steroid dienone is 2. The Labute approximate surface area is 59.5 Å². The van der Waals surface area contributed by atoms with E-state index in [-0.39, 0.29) is 5.54 Å². The van der Waals surface area contributed by atoms with Gasteiger partial charge in [0.15, 0.2) is 0 Å². The van der Waals surface area contributed by atoms with Crippen molar-refractivity contribution in [2.75, 3.05) is 0 Å². The summed E-state index contributed by atoms with van der Waals surface area (Å²) in [6.45, 7) is 0. The lowest BCUT2D eigenvalue weighted by molar-refractivity contribution is 0.151. The Bertz CT molecular complexity index is 204. The highest BCUT2D eigenvalue weighted by molar-refractivity contribution is 5.29. The molecule has 0 unspecified atom stereocenters. The number of rotatable bonds is 1. The van der Waals surface area contributed by atoms with Gasteiger partial charge in [-0.25, -0.2) is 5.48 Å². The highest BCUT2D eigenvalue weighted by atomic mass is 16.6. The summed E-state index contributed by atoms with van der Waals surface area (Å²) in [7, 11) is 0. The van der Waals surface area contributed by atoms with Crippen LogP contribution in [0, 0.1) is 0 Å². The van der Waals surface area contributed by atoms with Crippen LogP contribution in [0.4, 0.5) is 0 Å². The summed E-state index contributed by atoms with van der Waals surface area (Å²) < 4.78 is 0. The molecule has 2 aliphatic rings. The lowest BCUT2D eigenvalue weighted by Crippen LogP contribution is -2.33. The van der Waals surface area contributed by atoms with Crippen molar-refractivity contribution in [1.82, 2.24) is 5.48 Å². The van der Waals surface area contributed by atoms with E-state index in [4.69, 9.17) is 10.6 Å². The summed E-state index contributed by atoms with van der Waals surface area (Å²) in [5.41, 5.74) is 9.54. The van der Waals surface area contributed by atoms with E-state index in [0.29, 0.717) is 0 Å². The summed E-state index contributed by atoms with van der Waals surface area (Å²) in [6.07, 6.45) is 7.51. The summed E-state index contributed by atoms with van der Waals surface area (Å²) >= 11 is 0. The first-order valence-corrected chi connectivity index (χ1v) is 3.39. The van der Waals surface area contributed by atoms with E-state index in [1.165, 1.54) is 0 Å². The molecule has 0 radical (unpaired) electrons. The van der Waals surface area contributed by atoms with Crippen LogP contribution >= 0.6 is 0 Å². The molecule has 0 saturated heterocycles. The fraction of sp³-hybridized carbons (Fsp3) is 0.429. The topological polar surface area (TPSA) is 47.3 Å². The fourth-order valence-corrected chi connectivity index (χ4v) is 0.978. The van der Waals surface area contributed by atoms with Crippen LogP contribution in [0.2, 0.25) is 0 Å². The van der Waals surface area contributed by atoms with Gasteiger partial charge in [-0.05, 0) is 25.0 Å². The van der Waals surface area contributed by atoms with Gasteiger partial charge in [0, 0.05) is 0 Å². The van der Waals surface area contributed by atoms with Gasteiger partial charge in [0.1, 0.15) is 6.26 Å². The molecular weight excluding hydrogens is 128 g/mol. The van der Waals surface area contributed by atoms with E-state index in [9.17, 15) is 0 Å². The molecule has 3 heteroatoms. The summed E-state index contributed by atoms with van der Waals surface area (Å²) in [4.78, 5) is 4.87. The van der Waals surface area contributed by atoms with Crippen LogP contribution in [-0.2, 0) is 4.84 Å². The highest BCUT2D eigenvalue weighted by Crippen LogP contribution is 2.38. The van der Waals surface area contributed by atoms with Gasteiger partial charge in [0.05, 0.1) is 11.2 Å². The minimum atomic E-state index is -0.106. The number of nitrogens with one attached hydrogen (secondary N) is 1. The third-order valence-corrected chi connectivity index (χ3v) is 1.90. The van der Waals surface area contributed by atoms with Gasteiger partial charge in [-0.1, -0.05) is 0 Å². The van der Waals surface area contributed by atoms with E-state index in [1.807, 2.05) is 12.2 Å². The first-order valence-electron chi connectivity index (χ1n) is 3.39. The number of nitrogens with two attached hydrogens (primary N) is 1. The molecule has 2 rings (SSSR count). The van der Waals surface area contributed by atoms with Crippen molar-refractivity contribution in [3.8, 4) is 0 Å². The van der Waals surface area contributed by atoms with Gasteiger partial charge < -0.3 is 10.6 Å². The molecule has 1 fully saturated rings. The zero-order valence-electron chi connectivity index (χ0n) is 5.63. The normalized spacial score (nSPS) is 26.3. The van der Waals surface area contributed by atoms with Crippen LogP contribution in [0.3, 0.4) is 0 Å². The maximum absolute atomic E-state index is 5.88. The van der Waals surface area contributed by atoms with Crippen molar-refractivity contribution < 1.29 is 4.84 Å². The molecule has 0 atom stereocenters. The standard InChI is InChI=1S/C7H10N2O/c8-7(3-4-7)6-2-1-5-10-9-6/h1-2,5,9H,3-4,8H2. The minimum absolute atomic E-state index is 0.106. The molecule has 0 bridgehead atoms. The minimum Gasteiger partial charge on any atom is -0.390 e. The van der Waals surface area contributed by atoms with Gasteiger partial charge in [-0.15, -0.1) is 0 Å². The third kappa shape index (κ3) is 0.789. The smallest absolute Gasteiger partial charge is 0.119 e. The van der Waals surface area contributed by atoms with Crippen LogP contribution < -0.4 is 11.2 Å². The molecule has 0 aromatic rings. The second kappa shape index (κ2) is 1.76. The molecule has 1 saturated carbocycles. The summed E-state index contributed by atoms with van der Waals surface area (Å²) in [6, 6.07) is 0. The van der Waals surface area contributed by atoms with Crippen molar-refractivity contribution >= 4 is 0 Å². The van der Waals surface area contributed by atoms with E-state index in [2.05, 4.69) is 5.48 Å². The van der Waals surface area contributed by atoms with Crippen molar-refractivity contribution in [3.63, 3.8) is 0 Å². The fourth-order valence-electron chi connectivity index (χ4n) is 0.978. The average molecular weight is 138 g/mol. The number of hydrogen-bond acceptors (Lipinski definition) is 3. The Morgan fingerprint density at radius 1 is 1.60 bits per heavy atom. The van der Waals surface area contributed by atoms with Gasteiger partial charge in [-0.2, -0.15) is 0 Å². The van der Waals surface area contributed by atoms with E-state index >= 15 is 0 Å². The number of hydrogen-bond donors (Lipinski definition) is 2. The Balaban J connectivity index is 2.16. The van der Waals surface area contributed by atoms with Crippen LogP contribution in [0.25, 0.3) is 0 Å². The van der Waals surface area contributed by atoms with Crippen molar-refractivity contribution in [2.24, 2.45) is 5.73 Å². The zero-order chi connectivity index (χ0) is 7.03. The second-order valence-electron chi connectivity index (χ2n) is 2.78. The molecule has 1 aliphatic heterocycles. The summed E-state index contributed by atoms with van der Waals surface area (Å²) in [5.74, 6) is 0. The van der Waals surface area contributed by atoms with Gasteiger partial charge in [-0.3, -0.25) is 0 Å². The first-order chi connectivity index (χ1) is 4.81. The van der Waals surface area contributed by atoms with Crippen LogP contribution in [0.15, 0.2) is 24.1 Å².